The molecular weight excluding hydrogens is 326 g/mol. The standard InChI is InChI=1S/C23H24ClN/c1-16(2)18(4)22-14-17(3)25(15-19-10-12-21(24)13-11-19)23(22)20-8-6-5-7-9-20/h5-14,16H,4,15H2,1-3H3. The van der Waals surface area contributed by atoms with Crippen molar-refractivity contribution in [2.45, 2.75) is 27.3 Å². The number of benzene rings is 2. The van der Waals surface area contributed by atoms with Gasteiger partial charge in [0.05, 0.1) is 5.69 Å². The van der Waals surface area contributed by atoms with Gasteiger partial charge in [-0.3, -0.25) is 0 Å². The molecular formula is C23H24ClN. The molecule has 0 aliphatic rings. The van der Waals surface area contributed by atoms with E-state index in [0.717, 1.165) is 11.6 Å². The minimum Gasteiger partial charge on any atom is -0.340 e. The number of nitrogens with zero attached hydrogens (tertiary/aromatic N) is 1. The van der Waals surface area contributed by atoms with Crippen LogP contribution >= 0.6 is 11.6 Å². The van der Waals surface area contributed by atoms with Crippen molar-refractivity contribution in [3.05, 3.63) is 89.1 Å². The first-order valence-corrected chi connectivity index (χ1v) is 9.04. The lowest BCUT2D eigenvalue weighted by Gasteiger charge is -2.16. The number of aromatic nitrogens is 1. The lowest BCUT2D eigenvalue weighted by molar-refractivity contribution is 0.783. The minimum atomic E-state index is 0.410. The first-order chi connectivity index (χ1) is 12.0. The van der Waals surface area contributed by atoms with E-state index in [9.17, 15) is 0 Å². The van der Waals surface area contributed by atoms with Crippen LogP contribution in [0.4, 0.5) is 0 Å². The molecule has 0 saturated heterocycles. The fourth-order valence-corrected chi connectivity index (χ4v) is 3.24. The topological polar surface area (TPSA) is 4.93 Å². The SMILES string of the molecule is C=C(c1cc(C)n(Cc2ccc(Cl)cc2)c1-c1ccccc1)C(C)C. The van der Waals surface area contributed by atoms with E-state index in [0.29, 0.717) is 5.92 Å². The highest BCUT2D eigenvalue weighted by molar-refractivity contribution is 6.30. The maximum atomic E-state index is 6.04. The summed E-state index contributed by atoms with van der Waals surface area (Å²) in [5.41, 5.74) is 7.37. The molecule has 25 heavy (non-hydrogen) atoms. The zero-order valence-corrected chi connectivity index (χ0v) is 15.8. The first kappa shape index (κ1) is 17.6. The zero-order chi connectivity index (χ0) is 18.0. The van der Waals surface area contributed by atoms with E-state index in [-0.39, 0.29) is 0 Å². The maximum Gasteiger partial charge on any atom is 0.0561 e. The normalized spacial score (nSPS) is 11.1. The second kappa shape index (κ2) is 7.33. The summed E-state index contributed by atoms with van der Waals surface area (Å²) in [5.74, 6) is 0.410. The zero-order valence-electron chi connectivity index (χ0n) is 15.1. The third-order valence-corrected chi connectivity index (χ3v) is 4.90. The van der Waals surface area contributed by atoms with Gasteiger partial charge in [0.1, 0.15) is 0 Å². The van der Waals surface area contributed by atoms with Crippen molar-refractivity contribution in [3.8, 4) is 11.3 Å². The minimum absolute atomic E-state index is 0.410. The number of hydrogen-bond acceptors (Lipinski definition) is 0. The Bertz CT molecular complexity index is 870. The van der Waals surface area contributed by atoms with E-state index < -0.39 is 0 Å². The van der Waals surface area contributed by atoms with E-state index in [1.54, 1.807) is 0 Å². The van der Waals surface area contributed by atoms with Gasteiger partial charge in [-0.25, -0.2) is 0 Å². The van der Waals surface area contributed by atoms with Gasteiger partial charge in [-0.05, 0) is 47.7 Å². The van der Waals surface area contributed by atoms with Gasteiger partial charge >= 0.3 is 0 Å². The summed E-state index contributed by atoms with van der Waals surface area (Å²) >= 11 is 6.04. The number of aryl methyl sites for hydroxylation is 1. The summed E-state index contributed by atoms with van der Waals surface area (Å²) in [4.78, 5) is 0. The molecule has 2 heteroatoms. The van der Waals surface area contributed by atoms with Gasteiger partial charge in [0.2, 0.25) is 0 Å². The molecule has 0 aliphatic heterocycles. The summed E-state index contributed by atoms with van der Waals surface area (Å²) < 4.78 is 2.38. The smallest absolute Gasteiger partial charge is 0.0561 e. The van der Waals surface area contributed by atoms with Crippen molar-refractivity contribution in [2.24, 2.45) is 5.92 Å². The molecule has 0 saturated carbocycles. The van der Waals surface area contributed by atoms with Crippen molar-refractivity contribution in [2.75, 3.05) is 0 Å². The third-order valence-electron chi connectivity index (χ3n) is 4.65. The van der Waals surface area contributed by atoms with Gasteiger partial charge in [0.15, 0.2) is 0 Å². The van der Waals surface area contributed by atoms with Crippen LogP contribution in [0.15, 0.2) is 67.2 Å². The van der Waals surface area contributed by atoms with Crippen molar-refractivity contribution in [3.63, 3.8) is 0 Å². The molecule has 1 aromatic heterocycles. The summed E-state index contributed by atoms with van der Waals surface area (Å²) in [5, 5.41) is 0.769. The molecule has 0 spiro atoms. The summed E-state index contributed by atoms with van der Waals surface area (Å²) in [6, 6.07) is 20.9. The molecule has 0 amide bonds. The molecule has 2 aromatic carbocycles. The molecule has 0 fully saturated rings. The molecule has 3 aromatic rings. The molecule has 0 N–H and O–H groups in total. The van der Waals surface area contributed by atoms with Gasteiger partial charge in [-0.1, -0.05) is 74.5 Å². The van der Waals surface area contributed by atoms with Crippen LogP contribution in [-0.2, 0) is 6.54 Å². The van der Waals surface area contributed by atoms with E-state index in [4.69, 9.17) is 11.6 Å². The van der Waals surface area contributed by atoms with Crippen LogP contribution in [0.3, 0.4) is 0 Å². The van der Waals surface area contributed by atoms with Crippen molar-refractivity contribution in [1.29, 1.82) is 0 Å². The molecule has 0 bridgehead atoms. The van der Waals surface area contributed by atoms with Crippen molar-refractivity contribution < 1.29 is 0 Å². The average Bonchev–Trinajstić information content (AvgIpc) is 2.93. The van der Waals surface area contributed by atoms with Crippen LogP contribution in [0.2, 0.25) is 5.02 Å². The van der Waals surface area contributed by atoms with Crippen LogP contribution < -0.4 is 0 Å². The van der Waals surface area contributed by atoms with E-state index in [1.165, 1.54) is 33.7 Å². The highest BCUT2D eigenvalue weighted by atomic mass is 35.5. The summed E-state index contributed by atoms with van der Waals surface area (Å²) in [6.45, 7) is 11.7. The molecule has 1 nitrogen and oxygen atoms in total. The second-order valence-corrected chi connectivity index (χ2v) is 7.24. The van der Waals surface area contributed by atoms with Crippen LogP contribution in [0.1, 0.15) is 30.7 Å². The summed E-state index contributed by atoms with van der Waals surface area (Å²) in [7, 11) is 0. The Hall–Kier alpha value is -2.25. The van der Waals surface area contributed by atoms with E-state index in [2.05, 4.69) is 80.4 Å². The van der Waals surface area contributed by atoms with Gasteiger partial charge in [-0.2, -0.15) is 0 Å². The third kappa shape index (κ3) is 3.72. The fourth-order valence-electron chi connectivity index (χ4n) is 3.12. The number of halogens is 1. The molecule has 0 aliphatic carbocycles. The molecule has 1 heterocycles. The Labute approximate surface area is 155 Å². The highest BCUT2D eigenvalue weighted by Gasteiger charge is 2.18. The van der Waals surface area contributed by atoms with Gasteiger partial charge in [-0.15, -0.1) is 0 Å². The van der Waals surface area contributed by atoms with Gasteiger partial charge in [0.25, 0.3) is 0 Å². The van der Waals surface area contributed by atoms with Crippen molar-refractivity contribution in [1.82, 2.24) is 4.57 Å². The number of rotatable bonds is 5. The molecule has 0 unspecified atom stereocenters. The Morgan fingerprint density at radius 2 is 1.68 bits per heavy atom. The highest BCUT2D eigenvalue weighted by Crippen LogP contribution is 2.35. The predicted octanol–water partition coefficient (Wildman–Crippen LogP) is 6.83. The van der Waals surface area contributed by atoms with E-state index in [1.807, 2.05) is 12.1 Å². The fraction of sp³-hybridized carbons (Fsp3) is 0.217. The molecule has 0 atom stereocenters. The average molecular weight is 350 g/mol. The lowest BCUT2D eigenvalue weighted by Crippen LogP contribution is -2.05. The number of hydrogen-bond donors (Lipinski definition) is 0. The van der Waals surface area contributed by atoms with E-state index >= 15 is 0 Å². The Morgan fingerprint density at radius 3 is 2.28 bits per heavy atom. The maximum absolute atomic E-state index is 6.04. The number of allylic oxidation sites excluding steroid dienone is 1. The predicted molar refractivity (Wildman–Crippen MR) is 109 cm³/mol. The van der Waals surface area contributed by atoms with Gasteiger partial charge < -0.3 is 4.57 Å². The van der Waals surface area contributed by atoms with Gasteiger partial charge in [0, 0.05) is 22.8 Å². The summed E-state index contributed by atoms with van der Waals surface area (Å²) in [6.07, 6.45) is 0. The second-order valence-electron chi connectivity index (χ2n) is 6.81. The first-order valence-electron chi connectivity index (χ1n) is 8.66. The monoisotopic (exact) mass is 349 g/mol. The lowest BCUT2D eigenvalue weighted by atomic mass is 9.94. The van der Waals surface area contributed by atoms with Crippen LogP contribution in [0, 0.1) is 12.8 Å². The van der Waals surface area contributed by atoms with Crippen LogP contribution in [0.5, 0.6) is 0 Å². The molecule has 3 rings (SSSR count). The quantitative estimate of drug-likeness (QED) is 0.475. The van der Waals surface area contributed by atoms with Crippen molar-refractivity contribution >= 4 is 17.2 Å². The Morgan fingerprint density at radius 1 is 1.04 bits per heavy atom. The molecule has 0 radical (unpaired) electrons. The Kier molecular flexibility index (Phi) is 5.15. The largest absolute Gasteiger partial charge is 0.340 e. The Balaban J connectivity index is 2.14. The molecule has 128 valence electrons. The van der Waals surface area contributed by atoms with Crippen LogP contribution in [0.25, 0.3) is 16.8 Å². The van der Waals surface area contributed by atoms with Crippen LogP contribution in [-0.4, -0.2) is 4.57 Å².